The molecule has 0 bridgehead atoms. The van der Waals surface area contributed by atoms with Crippen molar-refractivity contribution in [1.29, 1.82) is 0 Å². The summed E-state index contributed by atoms with van der Waals surface area (Å²) in [5.41, 5.74) is 1.10. The molecule has 0 unspecified atom stereocenters. The van der Waals surface area contributed by atoms with E-state index in [-0.39, 0.29) is 17.1 Å². The molecule has 0 amide bonds. The van der Waals surface area contributed by atoms with Crippen LogP contribution in [0.15, 0.2) is 29.1 Å². The largest absolute Gasteiger partial charge is 0.497 e. The second kappa shape index (κ2) is 7.59. The third-order valence-corrected chi connectivity index (χ3v) is 5.68. The summed E-state index contributed by atoms with van der Waals surface area (Å²) in [6, 6.07) is 7.51. The van der Waals surface area contributed by atoms with Crippen LogP contribution in [0.1, 0.15) is 57.5 Å². The van der Waals surface area contributed by atoms with Gasteiger partial charge in [0.1, 0.15) is 5.75 Å². The fraction of sp³-hybridized carbons (Fsp3) is 0.524. The molecule has 29 heavy (non-hydrogen) atoms. The van der Waals surface area contributed by atoms with Crippen LogP contribution in [0.4, 0.5) is 0 Å². The van der Waals surface area contributed by atoms with E-state index in [2.05, 4.69) is 41.3 Å². The molecule has 1 fully saturated rings. The average molecular weight is 398 g/mol. The van der Waals surface area contributed by atoms with E-state index >= 15 is 0 Å². The van der Waals surface area contributed by atoms with Crippen molar-refractivity contribution in [3.05, 3.63) is 46.0 Å². The zero-order valence-electron chi connectivity index (χ0n) is 17.5. The molecule has 1 aliphatic heterocycles. The Morgan fingerprint density at radius 2 is 1.93 bits per heavy atom. The first-order valence-corrected chi connectivity index (χ1v) is 10.2. The highest BCUT2D eigenvalue weighted by Gasteiger charge is 2.36. The number of rotatable bonds is 4. The molecule has 0 saturated carbocycles. The fourth-order valence-electron chi connectivity index (χ4n) is 4.23. The van der Waals surface area contributed by atoms with Crippen LogP contribution in [-0.2, 0) is 5.54 Å². The third-order valence-electron chi connectivity index (χ3n) is 5.68. The van der Waals surface area contributed by atoms with Crippen molar-refractivity contribution in [3.63, 3.8) is 0 Å². The standard InChI is InChI=1S/C21H28N6O2/c1-21(2,3)27-19(23-24-25-27)18(26-10-6-5-7-11-26)16-12-14-8-9-15(29-4)13-17(14)22-20(16)28/h8-9,12-13,18H,5-7,10-11H2,1-4H3,(H,22,28)/p+1/t18-/m0/s1. The van der Waals surface area contributed by atoms with E-state index in [1.807, 2.05) is 28.9 Å². The molecule has 2 N–H and O–H groups in total. The summed E-state index contributed by atoms with van der Waals surface area (Å²) in [6.45, 7) is 8.23. The van der Waals surface area contributed by atoms with E-state index in [1.54, 1.807) is 7.11 Å². The van der Waals surface area contributed by atoms with Gasteiger partial charge in [0.15, 0.2) is 6.04 Å². The molecule has 0 spiro atoms. The minimum absolute atomic E-state index is 0.0997. The van der Waals surface area contributed by atoms with Crippen molar-refractivity contribution < 1.29 is 9.64 Å². The van der Waals surface area contributed by atoms with E-state index in [1.165, 1.54) is 11.3 Å². The van der Waals surface area contributed by atoms with Crippen molar-refractivity contribution in [1.82, 2.24) is 25.2 Å². The highest BCUT2D eigenvalue weighted by Crippen LogP contribution is 2.24. The highest BCUT2D eigenvalue weighted by molar-refractivity contribution is 5.80. The van der Waals surface area contributed by atoms with Crippen LogP contribution in [-0.4, -0.2) is 45.4 Å². The van der Waals surface area contributed by atoms with Crippen LogP contribution < -0.4 is 15.2 Å². The molecule has 1 aromatic carbocycles. The lowest BCUT2D eigenvalue weighted by Crippen LogP contribution is -3.13. The van der Waals surface area contributed by atoms with Gasteiger partial charge < -0.3 is 14.6 Å². The number of hydrogen-bond donors (Lipinski definition) is 2. The van der Waals surface area contributed by atoms with Crippen LogP contribution in [0.25, 0.3) is 10.9 Å². The Morgan fingerprint density at radius 1 is 1.17 bits per heavy atom. The van der Waals surface area contributed by atoms with Crippen molar-refractivity contribution in [2.24, 2.45) is 0 Å². The fourth-order valence-corrected chi connectivity index (χ4v) is 4.23. The number of hydrogen-bond acceptors (Lipinski definition) is 5. The number of benzene rings is 1. The minimum atomic E-state index is -0.275. The molecule has 4 rings (SSSR count). The number of aromatic amines is 1. The summed E-state index contributed by atoms with van der Waals surface area (Å²) >= 11 is 0. The van der Waals surface area contributed by atoms with Gasteiger partial charge in [-0.1, -0.05) is 0 Å². The number of nitrogens with zero attached hydrogens (tertiary/aromatic N) is 4. The molecular formula is C21H29N6O2+. The average Bonchev–Trinajstić information content (AvgIpc) is 3.19. The summed E-state index contributed by atoms with van der Waals surface area (Å²) in [4.78, 5) is 17.6. The van der Waals surface area contributed by atoms with Gasteiger partial charge in [-0.25, -0.2) is 4.68 Å². The SMILES string of the molecule is COc1ccc2cc([C@@H](c3nnnn3C(C)(C)C)[NH+]3CCCCC3)c(=O)[nH]c2c1. The van der Waals surface area contributed by atoms with Gasteiger partial charge in [-0.15, -0.1) is 5.10 Å². The van der Waals surface area contributed by atoms with E-state index in [0.717, 1.165) is 48.4 Å². The smallest absolute Gasteiger partial charge is 0.258 e. The molecule has 3 aromatic rings. The lowest BCUT2D eigenvalue weighted by Gasteiger charge is -2.32. The molecule has 8 nitrogen and oxygen atoms in total. The Bertz CT molecular complexity index is 1060. The Balaban J connectivity index is 1.89. The van der Waals surface area contributed by atoms with Crippen LogP contribution in [0.5, 0.6) is 5.75 Å². The molecule has 1 atom stereocenters. The first-order chi connectivity index (χ1) is 13.9. The van der Waals surface area contributed by atoms with Crippen LogP contribution in [0, 0.1) is 0 Å². The molecule has 154 valence electrons. The Kier molecular flexibility index (Phi) is 5.12. The first kappa shape index (κ1) is 19.6. The van der Waals surface area contributed by atoms with Gasteiger partial charge in [-0.05, 0) is 74.0 Å². The van der Waals surface area contributed by atoms with E-state index < -0.39 is 0 Å². The maximum Gasteiger partial charge on any atom is 0.258 e. The molecule has 2 aromatic heterocycles. The van der Waals surface area contributed by atoms with Crippen LogP contribution >= 0.6 is 0 Å². The zero-order valence-corrected chi connectivity index (χ0v) is 17.5. The van der Waals surface area contributed by atoms with Gasteiger partial charge in [0.2, 0.25) is 5.82 Å². The molecule has 0 aliphatic carbocycles. The Labute approximate surface area is 169 Å². The van der Waals surface area contributed by atoms with Crippen molar-refractivity contribution >= 4 is 10.9 Å². The molecule has 1 aliphatic rings. The molecule has 3 heterocycles. The first-order valence-electron chi connectivity index (χ1n) is 10.2. The number of H-pyrrole nitrogens is 1. The number of likely N-dealkylation sites (tertiary alicyclic amines) is 1. The maximum atomic E-state index is 13.2. The van der Waals surface area contributed by atoms with Crippen molar-refractivity contribution in [3.8, 4) is 5.75 Å². The van der Waals surface area contributed by atoms with Gasteiger partial charge in [0.25, 0.3) is 5.56 Å². The predicted molar refractivity (Wildman–Crippen MR) is 110 cm³/mol. The summed E-state index contributed by atoms with van der Waals surface area (Å²) in [6.07, 6.45) is 3.52. The lowest BCUT2D eigenvalue weighted by molar-refractivity contribution is -0.931. The molecule has 1 saturated heterocycles. The molecular weight excluding hydrogens is 368 g/mol. The summed E-state index contributed by atoms with van der Waals surface area (Å²) in [7, 11) is 1.62. The van der Waals surface area contributed by atoms with E-state index in [9.17, 15) is 4.79 Å². The van der Waals surface area contributed by atoms with E-state index in [0.29, 0.717) is 5.56 Å². The van der Waals surface area contributed by atoms with Gasteiger partial charge in [-0.3, -0.25) is 4.79 Å². The maximum absolute atomic E-state index is 13.2. The van der Waals surface area contributed by atoms with E-state index in [4.69, 9.17) is 4.74 Å². The van der Waals surface area contributed by atoms with Gasteiger partial charge >= 0.3 is 0 Å². The minimum Gasteiger partial charge on any atom is -0.497 e. The van der Waals surface area contributed by atoms with Gasteiger partial charge in [0, 0.05) is 6.07 Å². The summed E-state index contributed by atoms with van der Waals surface area (Å²) in [5.74, 6) is 1.46. The summed E-state index contributed by atoms with van der Waals surface area (Å²) < 4.78 is 7.15. The van der Waals surface area contributed by atoms with Gasteiger partial charge in [0.05, 0.1) is 36.8 Å². The number of methoxy groups -OCH3 is 1. The number of pyridine rings is 1. The highest BCUT2D eigenvalue weighted by atomic mass is 16.5. The number of tetrazole rings is 1. The number of aromatic nitrogens is 5. The number of nitrogens with one attached hydrogen (secondary N) is 2. The topological polar surface area (TPSA) is 90.1 Å². The zero-order chi connectivity index (χ0) is 20.6. The quantitative estimate of drug-likeness (QED) is 0.695. The second-order valence-electron chi connectivity index (χ2n) is 8.78. The number of fused-ring (bicyclic) bond motifs is 1. The predicted octanol–water partition coefficient (Wildman–Crippen LogP) is 1.44. The Hall–Kier alpha value is -2.74. The number of quaternary nitrogens is 1. The molecule has 0 radical (unpaired) electrons. The Morgan fingerprint density at radius 3 is 2.62 bits per heavy atom. The van der Waals surface area contributed by atoms with Crippen LogP contribution in [0.2, 0.25) is 0 Å². The molecule has 8 heteroatoms. The van der Waals surface area contributed by atoms with Gasteiger partial charge in [-0.2, -0.15) is 0 Å². The number of piperidine rings is 1. The van der Waals surface area contributed by atoms with Crippen LogP contribution in [0.3, 0.4) is 0 Å². The monoisotopic (exact) mass is 397 g/mol. The normalized spacial score (nSPS) is 16.8. The third kappa shape index (κ3) is 3.76. The lowest BCUT2D eigenvalue weighted by atomic mass is 9.99. The van der Waals surface area contributed by atoms with Crippen molar-refractivity contribution in [2.45, 2.75) is 51.6 Å². The van der Waals surface area contributed by atoms with Crippen molar-refractivity contribution in [2.75, 3.05) is 20.2 Å². The second-order valence-corrected chi connectivity index (χ2v) is 8.78. The summed E-state index contributed by atoms with van der Waals surface area (Å²) in [5, 5.41) is 13.6. The number of ether oxygens (including phenoxy) is 1.